The van der Waals surface area contributed by atoms with E-state index in [9.17, 15) is 14.1 Å². The summed E-state index contributed by atoms with van der Waals surface area (Å²) in [5, 5.41) is 9.19. The molecule has 104 valence electrons. The van der Waals surface area contributed by atoms with E-state index in [1.165, 1.54) is 0 Å². The topological polar surface area (TPSA) is 83.6 Å². The molecule has 1 atom stereocenters. The molecule has 1 aromatic carbocycles. The van der Waals surface area contributed by atoms with E-state index in [4.69, 9.17) is 5.73 Å². The molecular formula is C13H18N2O3S. The quantitative estimate of drug-likeness (QED) is 0.808. The first kappa shape index (κ1) is 14.0. The van der Waals surface area contributed by atoms with E-state index in [0.717, 1.165) is 5.56 Å². The van der Waals surface area contributed by atoms with Gasteiger partial charge in [-0.15, -0.1) is 0 Å². The second kappa shape index (κ2) is 6.16. The highest BCUT2D eigenvalue weighted by Crippen LogP contribution is 2.12. The van der Waals surface area contributed by atoms with Crippen molar-refractivity contribution < 1.29 is 14.1 Å². The summed E-state index contributed by atoms with van der Waals surface area (Å²) in [6.45, 7) is 1.05. The molecule has 19 heavy (non-hydrogen) atoms. The van der Waals surface area contributed by atoms with Gasteiger partial charge < -0.3 is 15.7 Å². The molecule has 0 saturated carbocycles. The standard InChI is InChI=1S/C13H18N2O3S/c14-12(9-10-1-3-11(16)4-2-10)13(17)15-5-7-19(18)8-6-15/h1-4,12,16H,5-9,14H2/t12-/m1/s1. The Morgan fingerprint density at radius 1 is 1.32 bits per heavy atom. The number of nitrogens with two attached hydrogens (primary N) is 1. The third kappa shape index (κ3) is 3.78. The minimum Gasteiger partial charge on any atom is -0.508 e. The summed E-state index contributed by atoms with van der Waals surface area (Å²) in [6, 6.07) is 6.09. The van der Waals surface area contributed by atoms with Crippen LogP contribution in [-0.4, -0.2) is 50.8 Å². The number of carbonyl (C=O) groups excluding carboxylic acids is 1. The van der Waals surface area contributed by atoms with Crippen LogP contribution in [0.3, 0.4) is 0 Å². The Labute approximate surface area is 114 Å². The average Bonchev–Trinajstić information content (AvgIpc) is 2.41. The first-order chi connectivity index (χ1) is 9.06. The number of aromatic hydroxyl groups is 1. The van der Waals surface area contributed by atoms with Crippen molar-refractivity contribution in [3.8, 4) is 5.75 Å². The maximum atomic E-state index is 12.1. The number of hydrogen-bond donors (Lipinski definition) is 2. The van der Waals surface area contributed by atoms with Gasteiger partial charge in [-0.1, -0.05) is 12.1 Å². The van der Waals surface area contributed by atoms with E-state index in [-0.39, 0.29) is 11.7 Å². The molecule has 0 radical (unpaired) electrons. The summed E-state index contributed by atoms with van der Waals surface area (Å²) in [6.07, 6.45) is 0.443. The summed E-state index contributed by atoms with van der Waals surface area (Å²) >= 11 is 0. The molecule has 1 saturated heterocycles. The van der Waals surface area contributed by atoms with E-state index < -0.39 is 16.8 Å². The largest absolute Gasteiger partial charge is 0.508 e. The first-order valence-electron chi connectivity index (χ1n) is 6.23. The number of hydrogen-bond acceptors (Lipinski definition) is 4. The Morgan fingerprint density at radius 2 is 1.89 bits per heavy atom. The number of carbonyl (C=O) groups is 1. The SMILES string of the molecule is N[C@H](Cc1ccc(O)cc1)C(=O)N1CCS(=O)CC1. The van der Waals surface area contributed by atoms with Crippen LogP contribution in [-0.2, 0) is 22.0 Å². The summed E-state index contributed by atoms with van der Waals surface area (Å²) in [7, 11) is -0.794. The zero-order valence-corrected chi connectivity index (χ0v) is 11.4. The minimum absolute atomic E-state index is 0.0928. The Bertz CT molecular complexity index is 465. The molecular weight excluding hydrogens is 264 g/mol. The van der Waals surface area contributed by atoms with Crippen molar-refractivity contribution in [2.75, 3.05) is 24.6 Å². The Hall–Kier alpha value is -1.40. The van der Waals surface area contributed by atoms with E-state index >= 15 is 0 Å². The van der Waals surface area contributed by atoms with E-state index in [2.05, 4.69) is 0 Å². The Balaban J connectivity index is 1.92. The maximum absolute atomic E-state index is 12.1. The molecule has 1 aliphatic rings. The number of nitrogens with zero attached hydrogens (tertiary/aromatic N) is 1. The average molecular weight is 282 g/mol. The highest BCUT2D eigenvalue weighted by Gasteiger charge is 2.24. The predicted octanol–water partition coefficient (Wildman–Crippen LogP) is -0.147. The van der Waals surface area contributed by atoms with Crippen LogP contribution in [0.2, 0.25) is 0 Å². The van der Waals surface area contributed by atoms with Crippen LogP contribution >= 0.6 is 0 Å². The molecule has 2 rings (SSSR count). The van der Waals surface area contributed by atoms with Crippen LogP contribution in [0.5, 0.6) is 5.75 Å². The van der Waals surface area contributed by atoms with Gasteiger partial charge in [-0.25, -0.2) is 0 Å². The van der Waals surface area contributed by atoms with Gasteiger partial charge in [0.05, 0.1) is 6.04 Å². The molecule has 0 aromatic heterocycles. The second-order valence-electron chi connectivity index (χ2n) is 4.65. The monoisotopic (exact) mass is 282 g/mol. The van der Waals surface area contributed by atoms with Crippen molar-refractivity contribution in [2.24, 2.45) is 5.73 Å². The van der Waals surface area contributed by atoms with Crippen molar-refractivity contribution in [1.29, 1.82) is 0 Å². The number of rotatable bonds is 3. The highest BCUT2D eigenvalue weighted by molar-refractivity contribution is 7.85. The number of phenolic OH excluding ortho intramolecular Hbond substituents is 1. The summed E-state index contributed by atoms with van der Waals surface area (Å²) in [5.74, 6) is 1.18. The molecule has 1 amide bonds. The summed E-state index contributed by atoms with van der Waals surface area (Å²) < 4.78 is 11.2. The van der Waals surface area contributed by atoms with Crippen molar-refractivity contribution in [1.82, 2.24) is 4.90 Å². The van der Waals surface area contributed by atoms with Crippen molar-refractivity contribution >= 4 is 16.7 Å². The fraction of sp³-hybridized carbons (Fsp3) is 0.462. The van der Waals surface area contributed by atoms with Gasteiger partial charge in [-0.05, 0) is 24.1 Å². The van der Waals surface area contributed by atoms with E-state index in [1.54, 1.807) is 29.2 Å². The number of phenols is 1. The van der Waals surface area contributed by atoms with Gasteiger partial charge in [0.25, 0.3) is 0 Å². The number of amides is 1. The zero-order valence-electron chi connectivity index (χ0n) is 10.6. The lowest BCUT2D eigenvalue weighted by molar-refractivity contribution is -0.132. The van der Waals surface area contributed by atoms with Gasteiger partial charge in [-0.3, -0.25) is 9.00 Å². The van der Waals surface area contributed by atoms with Gasteiger partial charge >= 0.3 is 0 Å². The van der Waals surface area contributed by atoms with Gasteiger partial charge in [0.1, 0.15) is 5.75 Å². The molecule has 1 aliphatic heterocycles. The highest BCUT2D eigenvalue weighted by atomic mass is 32.2. The van der Waals surface area contributed by atoms with Crippen molar-refractivity contribution in [2.45, 2.75) is 12.5 Å². The van der Waals surface area contributed by atoms with E-state index in [0.29, 0.717) is 31.0 Å². The van der Waals surface area contributed by atoms with Crippen LogP contribution in [0, 0.1) is 0 Å². The minimum atomic E-state index is -0.794. The fourth-order valence-electron chi connectivity index (χ4n) is 2.07. The van der Waals surface area contributed by atoms with Crippen LogP contribution in [0.1, 0.15) is 5.56 Å². The first-order valence-corrected chi connectivity index (χ1v) is 7.72. The molecule has 0 unspecified atom stereocenters. The molecule has 6 heteroatoms. The van der Waals surface area contributed by atoms with Gasteiger partial charge in [-0.2, -0.15) is 0 Å². The Kier molecular flexibility index (Phi) is 4.55. The molecule has 0 bridgehead atoms. The fourth-order valence-corrected chi connectivity index (χ4v) is 3.12. The predicted molar refractivity (Wildman–Crippen MR) is 74.2 cm³/mol. The summed E-state index contributed by atoms with van der Waals surface area (Å²) in [5.41, 5.74) is 6.84. The van der Waals surface area contributed by atoms with Crippen LogP contribution in [0.4, 0.5) is 0 Å². The number of benzene rings is 1. The third-order valence-corrected chi connectivity index (χ3v) is 4.47. The lowest BCUT2D eigenvalue weighted by atomic mass is 10.1. The maximum Gasteiger partial charge on any atom is 0.239 e. The molecule has 0 spiro atoms. The van der Waals surface area contributed by atoms with Gasteiger partial charge in [0, 0.05) is 35.4 Å². The third-order valence-electron chi connectivity index (χ3n) is 3.20. The van der Waals surface area contributed by atoms with Gasteiger partial charge in [0.15, 0.2) is 0 Å². The molecule has 3 N–H and O–H groups in total. The Morgan fingerprint density at radius 3 is 2.47 bits per heavy atom. The van der Waals surface area contributed by atoms with Crippen molar-refractivity contribution in [3.63, 3.8) is 0 Å². The van der Waals surface area contributed by atoms with Crippen LogP contribution in [0.25, 0.3) is 0 Å². The van der Waals surface area contributed by atoms with Gasteiger partial charge in [0.2, 0.25) is 5.91 Å². The van der Waals surface area contributed by atoms with E-state index in [1.807, 2.05) is 0 Å². The smallest absolute Gasteiger partial charge is 0.239 e. The van der Waals surface area contributed by atoms with Crippen LogP contribution < -0.4 is 5.73 Å². The lowest BCUT2D eigenvalue weighted by Crippen LogP contribution is -2.49. The molecule has 1 fully saturated rings. The summed E-state index contributed by atoms with van der Waals surface area (Å²) in [4.78, 5) is 13.8. The molecule has 1 heterocycles. The molecule has 5 nitrogen and oxygen atoms in total. The molecule has 1 aromatic rings. The normalized spacial score (nSPS) is 18.3. The van der Waals surface area contributed by atoms with Crippen LogP contribution in [0.15, 0.2) is 24.3 Å². The lowest BCUT2D eigenvalue weighted by Gasteiger charge is -2.28. The zero-order chi connectivity index (χ0) is 13.8. The van der Waals surface area contributed by atoms with Crippen molar-refractivity contribution in [3.05, 3.63) is 29.8 Å². The second-order valence-corrected chi connectivity index (χ2v) is 6.35. The molecule has 0 aliphatic carbocycles.